The van der Waals surface area contributed by atoms with Crippen molar-refractivity contribution in [2.45, 2.75) is 74.3 Å². The van der Waals surface area contributed by atoms with Crippen LogP contribution in [0, 0.1) is 16.2 Å². The SMILES string of the molecule is CC(C)(C)CCSCCNC(=O)CCNC(=O)C(O)C(C)(C)COP(=O)(O)OCC(C)(C)C. The van der Waals surface area contributed by atoms with Gasteiger partial charge in [-0.05, 0) is 23.0 Å². The Labute approximate surface area is 203 Å². The van der Waals surface area contributed by atoms with Gasteiger partial charge < -0.3 is 20.6 Å². The molecule has 2 amide bonds. The van der Waals surface area contributed by atoms with Crippen molar-refractivity contribution in [3.63, 3.8) is 0 Å². The van der Waals surface area contributed by atoms with Crippen LogP contribution in [0.15, 0.2) is 0 Å². The van der Waals surface area contributed by atoms with Crippen molar-refractivity contribution in [1.29, 1.82) is 0 Å². The van der Waals surface area contributed by atoms with E-state index in [9.17, 15) is 24.2 Å². The maximum atomic E-state index is 12.3. The highest BCUT2D eigenvalue weighted by atomic mass is 32.2. The van der Waals surface area contributed by atoms with Crippen molar-refractivity contribution >= 4 is 31.4 Å². The number of carbonyl (C=O) groups is 2. The molecule has 9 nitrogen and oxygen atoms in total. The number of phosphoric ester groups is 1. The zero-order valence-corrected chi connectivity index (χ0v) is 23.2. The second-order valence-corrected chi connectivity index (χ2v) is 14.0. The number of thioether (sulfide) groups is 1. The monoisotopic (exact) mass is 512 g/mol. The highest BCUT2D eigenvalue weighted by Crippen LogP contribution is 2.46. The van der Waals surface area contributed by atoms with Gasteiger partial charge in [-0.25, -0.2) is 4.57 Å². The van der Waals surface area contributed by atoms with Gasteiger partial charge in [0.1, 0.15) is 6.10 Å². The molecule has 0 aromatic heterocycles. The molecular weight excluding hydrogens is 467 g/mol. The quantitative estimate of drug-likeness (QED) is 0.194. The molecular formula is C22H45N2O7PS. The van der Waals surface area contributed by atoms with Crippen LogP contribution in [-0.2, 0) is 23.2 Å². The van der Waals surface area contributed by atoms with Crippen molar-refractivity contribution in [3.8, 4) is 0 Å². The fourth-order valence-corrected chi connectivity index (χ4v) is 4.55. The highest BCUT2D eigenvalue weighted by molar-refractivity contribution is 7.99. The van der Waals surface area contributed by atoms with Gasteiger partial charge in [-0.1, -0.05) is 55.4 Å². The first-order valence-corrected chi connectivity index (χ1v) is 13.9. The lowest BCUT2D eigenvalue weighted by atomic mass is 9.87. The Kier molecular flexibility index (Phi) is 13.8. The van der Waals surface area contributed by atoms with Crippen LogP contribution in [0.4, 0.5) is 0 Å². The summed E-state index contributed by atoms with van der Waals surface area (Å²) >= 11 is 1.79. The van der Waals surface area contributed by atoms with Gasteiger partial charge in [0.05, 0.1) is 13.2 Å². The molecule has 2 atom stereocenters. The molecule has 11 heteroatoms. The normalized spacial score (nSPS) is 15.6. The Balaban J connectivity index is 4.22. The maximum absolute atomic E-state index is 12.3. The summed E-state index contributed by atoms with van der Waals surface area (Å²) in [5, 5.41) is 15.7. The first-order chi connectivity index (χ1) is 14.8. The number of aliphatic hydroxyl groups excluding tert-OH is 1. The summed E-state index contributed by atoms with van der Waals surface area (Å²) in [5.41, 5.74) is -1.17. The predicted octanol–water partition coefficient (Wildman–Crippen LogP) is 3.35. The van der Waals surface area contributed by atoms with E-state index in [1.807, 2.05) is 20.8 Å². The molecule has 0 bridgehead atoms. The number of phosphoric acid groups is 1. The van der Waals surface area contributed by atoms with E-state index < -0.39 is 25.2 Å². The third kappa shape index (κ3) is 17.4. The fourth-order valence-electron chi connectivity index (χ4n) is 2.22. The zero-order chi connectivity index (χ0) is 25.9. The number of amides is 2. The molecule has 0 spiro atoms. The van der Waals surface area contributed by atoms with Crippen molar-refractivity contribution in [1.82, 2.24) is 10.6 Å². The standard InChI is InChI=1S/C22H45N2O7PS/c1-20(2,3)10-13-33-14-12-23-17(25)9-11-24-19(27)18(26)22(7,8)16-31-32(28,29)30-15-21(4,5)6/h18,26H,9-16H2,1-8H3,(H,23,25)(H,24,27)(H,28,29). The van der Waals surface area contributed by atoms with Crippen LogP contribution in [0.2, 0.25) is 0 Å². The van der Waals surface area contributed by atoms with E-state index in [0.717, 1.165) is 17.9 Å². The summed E-state index contributed by atoms with van der Waals surface area (Å²) in [7, 11) is -4.31. The van der Waals surface area contributed by atoms with E-state index in [0.29, 0.717) is 12.0 Å². The smallest absolute Gasteiger partial charge is 0.383 e. The van der Waals surface area contributed by atoms with E-state index >= 15 is 0 Å². The highest BCUT2D eigenvalue weighted by Gasteiger charge is 2.37. The van der Waals surface area contributed by atoms with E-state index in [4.69, 9.17) is 9.05 Å². The fraction of sp³-hybridized carbons (Fsp3) is 0.909. The zero-order valence-electron chi connectivity index (χ0n) is 21.5. The van der Waals surface area contributed by atoms with Crippen molar-refractivity contribution in [2.24, 2.45) is 16.2 Å². The van der Waals surface area contributed by atoms with Gasteiger partial charge >= 0.3 is 7.82 Å². The first-order valence-electron chi connectivity index (χ1n) is 11.3. The maximum Gasteiger partial charge on any atom is 0.472 e. The Morgan fingerprint density at radius 3 is 2.03 bits per heavy atom. The molecule has 0 saturated carbocycles. The Hall–Kier alpha value is -0.640. The van der Waals surface area contributed by atoms with Crippen LogP contribution in [-0.4, -0.2) is 65.7 Å². The third-order valence-corrected chi connectivity index (χ3v) is 6.36. The third-order valence-electron chi connectivity index (χ3n) is 4.47. The van der Waals surface area contributed by atoms with Crippen LogP contribution in [0.3, 0.4) is 0 Å². The molecule has 0 fully saturated rings. The minimum absolute atomic E-state index is 0.0158. The molecule has 0 rings (SSSR count). The molecule has 0 aromatic rings. The molecule has 0 heterocycles. The lowest BCUT2D eigenvalue weighted by Crippen LogP contribution is -2.46. The Morgan fingerprint density at radius 2 is 1.48 bits per heavy atom. The van der Waals surface area contributed by atoms with Gasteiger partial charge in [-0.3, -0.25) is 18.6 Å². The molecule has 196 valence electrons. The average Bonchev–Trinajstić information content (AvgIpc) is 2.66. The van der Waals surface area contributed by atoms with Crippen molar-refractivity contribution in [3.05, 3.63) is 0 Å². The molecule has 33 heavy (non-hydrogen) atoms. The topological polar surface area (TPSA) is 134 Å². The van der Waals surface area contributed by atoms with E-state index in [2.05, 4.69) is 31.4 Å². The summed E-state index contributed by atoms with van der Waals surface area (Å²) in [6.07, 6.45) is -0.294. The number of aliphatic hydroxyl groups is 1. The van der Waals surface area contributed by atoms with Gasteiger partial charge in [-0.2, -0.15) is 11.8 Å². The summed E-state index contributed by atoms with van der Waals surface area (Å²) in [4.78, 5) is 34.0. The second-order valence-electron chi connectivity index (χ2n) is 11.3. The van der Waals surface area contributed by atoms with E-state index in [1.165, 1.54) is 13.8 Å². The number of nitrogens with one attached hydrogen (secondary N) is 2. The van der Waals surface area contributed by atoms with Crippen LogP contribution < -0.4 is 10.6 Å². The van der Waals surface area contributed by atoms with Crippen molar-refractivity contribution in [2.75, 3.05) is 37.8 Å². The number of rotatable bonds is 15. The van der Waals surface area contributed by atoms with Crippen LogP contribution in [0.25, 0.3) is 0 Å². The molecule has 0 radical (unpaired) electrons. The first kappa shape index (κ1) is 32.4. The van der Waals surface area contributed by atoms with Gasteiger partial charge in [0.2, 0.25) is 11.8 Å². The average molecular weight is 513 g/mol. The number of carbonyl (C=O) groups excluding carboxylic acids is 2. The molecule has 4 N–H and O–H groups in total. The Bertz CT molecular complexity index is 660. The van der Waals surface area contributed by atoms with Crippen LogP contribution >= 0.6 is 19.6 Å². The van der Waals surface area contributed by atoms with Crippen LogP contribution in [0.1, 0.15) is 68.2 Å². The summed E-state index contributed by atoms with van der Waals surface area (Å²) < 4.78 is 21.9. The second kappa shape index (κ2) is 14.0. The van der Waals surface area contributed by atoms with Gasteiger partial charge in [0, 0.05) is 30.7 Å². The van der Waals surface area contributed by atoms with Crippen molar-refractivity contribution < 1.29 is 33.2 Å². The summed E-state index contributed by atoms with van der Waals surface area (Å²) in [5.74, 6) is 1.01. The lowest BCUT2D eigenvalue weighted by Gasteiger charge is -2.30. The summed E-state index contributed by atoms with van der Waals surface area (Å²) in [6.45, 7) is 15.5. The minimum atomic E-state index is -4.31. The lowest BCUT2D eigenvalue weighted by molar-refractivity contribution is -0.137. The van der Waals surface area contributed by atoms with E-state index in [-0.39, 0.29) is 37.5 Å². The molecule has 0 aliphatic heterocycles. The number of hydrogen-bond acceptors (Lipinski definition) is 7. The largest absolute Gasteiger partial charge is 0.472 e. The number of hydrogen-bond donors (Lipinski definition) is 4. The molecule has 0 saturated heterocycles. The Morgan fingerprint density at radius 1 is 0.909 bits per heavy atom. The van der Waals surface area contributed by atoms with Gasteiger partial charge in [0.15, 0.2) is 0 Å². The minimum Gasteiger partial charge on any atom is -0.383 e. The molecule has 0 aliphatic rings. The van der Waals surface area contributed by atoms with Crippen LogP contribution in [0.5, 0.6) is 0 Å². The molecule has 0 aromatic carbocycles. The molecule has 0 aliphatic carbocycles. The van der Waals surface area contributed by atoms with Gasteiger partial charge in [0.25, 0.3) is 0 Å². The summed E-state index contributed by atoms with van der Waals surface area (Å²) in [6, 6.07) is 0. The van der Waals surface area contributed by atoms with Gasteiger partial charge in [-0.15, -0.1) is 0 Å². The molecule has 2 unspecified atom stereocenters. The van der Waals surface area contributed by atoms with E-state index in [1.54, 1.807) is 11.8 Å². The predicted molar refractivity (Wildman–Crippen MR) is 133 cm³/mol.